The van der Waals surface area contributed by atoms with Crippen molar-refractivity contribution in [2.24, 2.45) is 0 Å². The molecule has 48 heteroatoms. The molecule has 5 N–H and O–H groups in total. The fraction of sp³-hybridized carbons (Fsp3) is 0.270. The summed E-state index contributed by atoms with van der Waals surface area (Å²) in [6.45, 7) is 12.2. The third-order valence-electron chi connectivity index (χ3n) is 23.7. The van der Waals surface area contributed by atoms with E-state index in [4.69, 9.17) is 15.8 Å². The van der Waals surface area contributed by atoms with E-state index in [9.17, 15) is 68.8 Å². The molecular formula is C100H102FN30O16W-. The molecule has 0 radical (unpaired) electrons. The summed E-state index contributed by atoms with van der Waals surface area (Å²) in [5.41, 5.74) is 13.8. The molecule has 12 aromatic heterocycles. The second kappa shape index (κ2) is 47.5. The first kappa shape index (κ1) is 107. The monoisotopic (exact) mass is 2180 g/mol. The number of nitrogens with zero attached hydrogens (tertiary/aromatic N) is 27. The number of anilines is 2. The van der Waals surface area contributed by atoms with Crippen LogP contribution < -0.4 is 16.6 Å². The van der Waals surface area contributed by atoms with Crippen LogP contribution in [0.15, 0.2) is 238 Å². The summed E-state index contributed by atoms with van der Waals surface area (Å²) in [4.78, 5) is 144. The number of amides is 1. The van der Waals surface area contributed by atoms with E-state index in [0.717, 1.165) is 110 Å². The van der Waals surface area contributed by atoms with Crippen LogP contribution >= 0.6 is 0 Å². The Balaban J connectivity index is 0.000000149. The molecule has 22 rings (SSSR count). The quantitative estimate of drug-likeness (QED) is 0.0179. The molecule has 762 valence electrons. The number of methoxy groups -OCH3 is 2. The van der Waals surface area contributed by atoms with E-state index >= 15 is 0 Å². The number of carboxylic acids is 1. The van der Waals surface area contributed by atoms with Crippen LogP contribution in [0.5, 0.6) is 0 Å². The number of pyridine rings is 3. The number of aromatic nitrogens is 24. The molecule has 5 aliphatic rings. The van der Waals surface area contributed by atoms with Gasteiger partial charge in [0.15, 0.2) is 17.5 Å². The average molecular weight is 2180 g/mol. The Bertz CT molecular complexity index is 7730. The van der Waals surface area contributed by atoms with Gasteiger partial charge in [-0.1, -0.05) is 25.6 Å². The van der Waals surface area contributed by atoms with Gasteiger partial charge >= 0.3 is 17.9 Å². The van der Waals surface area contributed by atoms with Crippen molar-refractivity contribution >= 4 is 69.1 Å². The average Bonchev–Trinajstić information content (AvgIpc) is 1.80. The molecule has 5 saturated carbocycles. The van der Waals surface area contributed by atoms with Gasteiger partial charge in [-0.3, -0.25) is 54.6 Å². The Kier molecular flexibility index (Phi) is 34.5. The Morgan fingerprint density at radius 2 is 0.845 bits per heavy atom. The molecule has 5 aliphatic carbocycles. The fourth-order valence-corrected chi connectivity index (χ4v) is 15.2. The number of esters is 2. The predicted octanol–water partition coefficient (Wildman–Crippen LogP) is 18.0. The van der Waals surface area contributed by atoms with Crippen molar-refractivity contribution in [1.29, 1.82) is 0 Å². The zero-order valence-electron chi connectivity index (χ0n) is 80.6. The normalized spacial score (nSPS) is 13.1. The zero-order valence-corrected chi connectivity index (χ0v) is 83.6. The van der Waals surface area contributed by atoms with Crippen LogP contribution in [-0.2, 0) is 30.5 Å². The van der Waals surface area contributed by atoms with Gasteiger partial charge in [0, 0.05) is 152 Å². The first-order valence-corrected chi connectivity index (χ1v) is 45.9. The summed E-state index contributed by atoms with van der Waals surface area (Å²) in [6.07, 6.45) is 36.4. The molecule has 5 aromatic carbocycles. The molecule has 0 saturated heterocycles. The number of aromatic amines is 1. The first-order valence-electron chi connectivity index (χ1n) is 45.9. The molecule has 17 aromatic rings. The van der Waals surface area contributed by atoms with Crippen molar-refractivity contribution in [2.45, 2.75) is 161 Å². The summed E-state index contributed by atoms with van der Waals surface area (Å²) < 4.78 is 36.0. The summed E-state index contributed by atoms with van der Waals surface area (Å²) >= 11 is 0. The van der Waals surface area contributed by atoms with E-state index in [0.29, 0.717) is 92.4 Å². The van der Waals surface area contributed by atoms with Crippen LogP contribution in [0.4, 0.5) is 38.8 Å². The molecular weight excluding hydrogens is 2080 g/mol. The third-order valence-corrected chi connectivity index (χ3v) is 23.7. The van der Waals surface area contributed by atoms with Crippen LogP contribution in [0.2, 0.25) is 0 Å². The van der Waals surface area contributed by atoms with E-state index in [1.165, 1.54) is 91.8 Å². The molecule has 5 fully saturated rings. The minimum Gasteiger partial charge on any atom is -0.477 e. The SMILES string of the molecule is C.CC(C)n1cnnc1-c1cccc(-n2cnc3ccc(-n4cnc(C5CC5)c4)cc3c2=O)n1.CC(C)n1cnnc1-c1cccc(N)n1.CC(C)n1cnnc1-c1cccc(NC(=O)c2cc(-n3cnc(C4CC4)c3)ccc2[N+](=O)[O-])n1.COC(=O)c1cc(-n2cnc(C3CC3)c2)ccc1[N+](=O)[O-].COC(=O)c1cc(F)ccc1[N+](=O)[O-].O=C(O)c1cc(-n2cnc(C3CC3)c2)ccc1[N+](=O)[O-].[CH3-].[W].c1ncc(C2CC2)[nH]1. The number of rotatable bonds is 25. The van der Waals surface area contributed by atoms with Crippen molar-refractivity contribution in [2.75, 3.05) is 25.3 Å². The minimum atomic E-state index is -1.32. The number of carboxylic acid groups (broad SMARTS) is 1. The number of fused-ring (bicyclic) bond motifs is 1. The van der Waals surface area contributed by atoms with Crippen LogP contribution in [-0.4, -0.2) is 180 Å². The number of nitrogens with two attached hydrogens (primary N) is 1. The second-order valence-corrected chi connectivity index (χ2v) is 35.1. The van der Waals surface area contributed by atoms with Crippen molar-refractivity contribution in [1.82, 2.24) is 117 Å². The molecule has 148 heavy (non-hydrogen) atoms. The number of H-pyrrole nitrogens is 1. The second-order valence-electron chi connectivity index (χ2n) is 35.1. The molecule has 0 unspecified atom stereocenters. The number of ether oxygens (including phenoxy) is 2. The number of carbonyl (C=O) groups is 4. The first-order chi connectivity index (χ1) is 69.8. The maximum atomic E-state index is 13.4. The van der Waals surface area contributed by atoms with Gasteiger partial charge in [0.1, 0.15) is 87.9 Å². The molecule has 1 amide bonds. The Morgan fingerprint density at radius 1 is 0.466 bits per heavy atom. The van der Waals surface area contributed by atoms with Crippen LogP contribution in [0.25, 0.3) is 74.0 Å². The number of carbonyl (C=O) groups excluding carboxylic acids is 3. The minimum absolute atomic E-state index is 0. The fourth-order valence-electron chi connectivity index (χ4n) is 15.2. The zero-order chi connectivity index (χ0) is 103. The van der Waals surface area contributed by atoms with E-state index in [-0.39, 0.29) is 87.4 Å². The number of hydrogen-bond donors (Lipinski definition) is 4. The Hall–Kier alpha value is -17.9. The van der Waals surface area contributed by atoms with Crippen molar-refractivity contribution < 1.29 is 78.9 Å². The van der Waals surface area contributed by atoms with Gasteiger partial charge in [0.2, 0.25) is 0 Å². The summed E-state index contributed by atoms with van der Waals surface area (Å²) in [7, 11) is 2.26. The number of benzene rings is 5. The Labute approximate surface area is 857 Å². The number of nitrogen functional groups attached to an aromatic ring is 1. The van der Waals surface area contributed by atoms with Crippen LogP contribution in [0.1, 0.15) is 231 Å². The third kappa shape index (κ3) is 26.0. The number of hydrogen-bond acceptors (Lipinski definition) is 31. The van der Waals surface area contributed by atoms with Gasteiger partial charge in [-0.25, -0.2) is 63.6 Å². The largest absolute Gasteiger partial charge is 0.477 e. The van der Waals surface area contributed by atoms with Crippen LogP contribution in [0.3, 0.4) is 0 Å². The van der Waals surface area contributed by atoms with Crippen molar-refractivity contribution in [3.63, 3.8) is 0 Å². The van der Waals surface area contributed by atoms with Gasteiger partial charge in [-0.15, -0.1) is 30.6 Å². The molecule has 46 nitrogen and oxygen atoms in total. The van der Waals surface area contributed by atoms with E-state index < -0.39 is 66.3 Å². The van der Waals surface area contributed by atoms with Gasteiger partial charge < -0.3 is 70.0 Å². The van der Waals surface area contributed by atoms with E-state index in [1.807, 2.05) is 106 Å². The topological polar surface area (TPSA) is 583 Å². The van der Waals surface area contributed by atoms with Gasteiger partial charge in [0.25, 0.3) is 34.2 Å². The maximum absolute atomic E-state index is 13.4. The smallest absolute Gasteiger partial charge is 0.344 e. The molecule has 0 bridgehead atoms. The number of aromatic carboxylic acids is 1. The van der Waals surface area contributed by atoms with Gasteiger partial charge in [0.05, 0.1) is 99.2 Å². The number of halogens is 1. The molecule has 0 atom stereocenters. The number of nitro groups is 4. The van der Waals surface area contributed by atoms with Crippen molar-refractivity contribution in [3.8, 4) is 63.1 Å². The number of nitro benzene ring substituents is 4. The van der Waals surface area contributed by atoms with Gasteiger partial charge in [-0.2, -0.15) is 0 Å². The summed E-state index contributed by atoms with van der Waals surface area (Å²) in [5.74, 6) is 1.72. The molecule has 0 aliphatic heterocycles. The number of imidazole rings is 5. The summed E-state index contributed by atoms with van der Waals surface area (Å²) in [6, 6.07) is 37.8. The maximum Gasteiger partial charge on any atom is 0.344 e. The van der Waals surface area contributed by atoms with E-state index in [1.54, 1.807) is 107 Å². The molecule has 0 spiro atoms. The summed E-state index contributed by atoms with van der Waals surface area (Å²) in [5, 5.41) is 80.3. The van der Waals surface area contributed by atoms with Gasteiger partial charge in [-0.05, 0) is 209 Å². The molecule has 12 heterocycles. The van der Waals surface area contributed by atoms with Crippen LogP contribution in [0, 0.1) is 53.7 Å². The standard InChI is InChI=1S/C24H22N8O.C23H22N8O3.C14H13N3O4.C13H11N3O4.C10H13N5.C8H6FNO4.C6H8N2.CH4.CH3.W/c1-15(2)31-14-27-29-23(31)20-4-3-5-22(28-20)32-13-26-19-9-8-17(10-18(19)24(32)33)30-11-21(25-12-30)16-6-7-16;1-14(2)30-13-25-28-22(30)18-4-3-5-21(26-18)27-23(32)17-10-16(8-9-20(17)31(33)34)29-11-19(24-12-29)15-6-7-15;1-21-14(18)11-6-10(4-5-13(11)17(19)20)16-7-12(15-8-16)9-2-3-9;17-13(18)10-5-9(3-4-12(10)16(19)20)15-6-11(14-7-15)8-1-2-8;1-7(2)15-6-12-14-10(15)8-4-3-5-9(11)13-8;1-14-8(11)6-4-5(9)2-3-7(6)10(12)13;1-2-5(1)6-3-7-4-8-6;;;/h3-5,8-16H,6-7H2,1-2H3;3-5,8-15H,6-7H2,1-2H3,(H,26,27,32);4-9H,2-3H2,1H3;3-8H,1-2H2,(H,17,18);3-7H,1-2H3,(H2,11,13);2-4H,1H3;3-5H,1-2H2,(H,7,8);1H4;1H3;/q;;;;;;;;-1;. The van der Waals surface area contributed by atoms with E-state index in [2.05, 4.69) is 118 Å². The van der Waals surface area contributed by atoms with Crippen molar-refractivity contribution in [3.05, 3.63) is 348 Å². The number of nitrogens with one attached hydrogen (secondary N) is 2. The predicted molar refractivity (Wildman–Crippen MR) is 536 cm³/mol. The Morgan fingerprint density at radius 3 is 1.25 bits per heavy atom.